The first-order valence-electron chi connectivity index (χ1n) is 9.05. The van der Waals surface area contributed by atoms with Crippen LogP contribution in [0.3, 0.4) is 0 Å². The van der Waals surface area contributed by atoms with E-state index in [2.05, 4.69) is 75.7 Å². The minimum atomic E-state index is -0.291. The average Bonchev–Trinajstić information content (AvgIpc) is 2.72. The third kappa shape index (κ3) is 3.55. The molecule has 4 nitrogen and oxygen atoms in total. The first-order valence-corrected chi connectivity index (χ1v) is 9.05. The predicted molar refractivity (Wildman–Crippen MR) is 99.5 cm³/mol. The molecule has 0 amide bonds. The maximum absolute atomic E-state index is 6.18. The molecule has 1 aromatic carbocycles. The van der Waals surface area contributed by atoms with Gasteiger partial charge in [0.15, 0.2) is 0 Å². The van der Waals surface area contributed by atoms with Crippen molar-refractivity contribution in [1.82, 2.24) is 9.80 Å². The fourth-order valence-corrected chi connectivity index (χ4v) is 3.34. The van der Waals surface area contributed by atoms with Crippen LogP contribution in [0, 0.1) is 0 Å². The average molecular weight is 330 g/mol. The quantitative estimate of drug-likeness (QED) is 0.793. The second-order valence-electron chi connectivity index (χ2n) is 8.40. The maximum atomic E-state index is 6.18. The number of likely N-dealkylation sites (N-methyl/N-ethyl adjacent to an activating group) is 1. The molecule has 3 rings (SSSR count). The van der Waals surface area contributed by atoms with Gasteiger partial charge in [0.1, 0.15) is 0 Å². The summed E-state index contributed by atoms with van der Waals surface area (Å²) in [4.78, 5) is 4.96. The Labute approximate surface area is 147 Å². The summed E-state index contributed by atoms with van der Waals surface area (Å²) in [5.74, 6) is 0. The predicted octanol–water partition coefficient (Wildman–Crippen LogP) is 2.12. The number of piperazine rings is 1. The zero-order valence-corrected chi connectivity index (χ0v) is 16.0. The summed E-state index contributed by atoms with van der Waals surface area (Å²) in [6.07, 6.45) is 0. The third-order valence-electron chi connectivity index (χ3n) is 5.93. The van der Waals surface area contributed by atoms with Crippen LogP contribution in [0.1, 0.15) is 40.2 Å². The summed E-state index contributed by atoms with van der Waals surface area (Å²) in [6, 6.07) is 9.29. The lowest BCUT2D eigenvalue weighted by Gasteiger charge is -2.37. The van der Waals surface area contributed by atoms with Crippen LogP contribution >= 0.6 is 0 Å². The number of rotatable bonds is 3. The Morgan fingerprint density at radius 3 is 2.42 bits per heavy atom. The van der Waals surface area contributed by atoms with Crippen LogP contribution in [0.2, 0.25) is 0 Å². The molecular weight excluding hydrogens is 299 g/mol. The highest BCUT2D eigenvalue weighted by Gasteiger charge is 2.51. The van der Waals surface area contributed by atoms with Crippen molar-refractivity contribution in [2.75, 3.05) is 26.7 Å². The Kier molecular flexibility index (Phi) is 4.82. The van der Waals surface area contributed by atoms with Gasteiger partial charge in [-0.1, -0.05) is 24.3 Å². The van der Waals surface area contributed by atoms with Crippen LogP contribution in [-0.4, -0.2) is 60.8 Å². The molecule has 2 saturated heterocycles. The van der Waals surface area contributed by atoms with Crippen molar-refractivity contribution in [3.8, 4) is 0 Å². The Hall–Kier alpha value is -0.875. The van der Waals surface area contributed by atoms with Crippen molar-refractivity contribution < 1.29 is 9.31 Å². The van der Waals surface area contributed by atoms with Crippen molar-refractivity contribution in [3.05, 3.63) is 29.8 Å². The molecular formula is C19H31BN2O2. The molecule has 2 aliphatic rings. The van der Waals surface area contributed by atoms with Gasteiger partial charge < -0.3 is 14.2 Å². The van der Waals surface area contributed by atoms with E-state index in [1.807, 2.05) is 0 Å². The van der Waals surface area contributed by atoms with Crippen molar-refractivity contribution >= 4 is 12.6 Å². The van der Waals surface area contributed by atoms with Crippen LogP contribution in [0.25, 0.3) is 0 Å². The van der Waals surface area contributed by atoms with E-state index < -0.39 is 0 Å². The van der Waals surface area contributed by atoms with Crippen molar-refractivity contribution in [3.63, 3.8) is 0 Å². The number of nitrogens with zero attached hydrogens (tertiary/aromatic N) is 2. The number of hydrogen-bond donors (Lipinski definition) is 0. The lowest BCUT2D eigenvalue weighted by Crippen LogP contribution is -2.49. The molecule has 2 fully saturated rings. The normalized spacial score (nSPS) is 27.6. The van der Waals surface area contributed by atoms with E-state index in [1.165, 1.54) is 5.56 Å². The fourth-order valence-electron chi connectivity index (χ4n) is 3.34. The molecule has 2 heterocycles. The van der Waals surface area contributed by atoms with Gasteiger partial charge in [0.2, 0.25) is 0 Å². The zero-order valence-electron chi connectivity index (χ0n) is 16.0. The topological polar surface area (TPSA) is 24.9 Å². The van der Waals surface area contributed by atoms with Gasteiger partial charge >= 0.3 is 7.12 Å². The van der Waals surface area contributed by atoms with Gasteiger partial charge in [0.05, 0.1) is 11.2 Å². The molecule has 132 valence electrons. The minimum absolute atomic E-state index is 0.277. The zero-order chi connectivity index (χ0) is 17.5. The fraction of sp³-hybridized carbons (Fsp3) is 0.684. The second-order valence-corrected chi connectivity index (χ2v) is 8.40. The van der Waals surface area contributed by atoms with Crippen molar-refractivity contribution in [2.24, 2.45) is 0 Å². The molecule has 1 unspecified atom stereocenters. The van der Waals surface area contributed by atoms with E-state index in [4.69, 9.17) is 9.31 Å². The molecule has 0 N–H and O–H groups in total. The molecule has 0 aromatic heterocycles. The smallest absolute Gasteiger partial charge is 0.399 e. The van der Waals surface area contributed by atoms with E-state index in [-0.39, 0.29) is 18.3 Å². The molecule has 1 aromatic rings. The molecule has 0 radical (unpaired) electrons. The SMILES string of the molecule is CC1CN(Cc2cccc(B3OC(C)(C)C(C)(C)O3)c2)CCN1C. The highest BCUT2D eigenvalue weighted by Crippen LogP contribution is 2.36. The van der Waals surface area contributed by atoms with Crippen LogP contribution in [-0.2, 0) is 15.9 Å². The highest BCUT2D eigenvalue weighted by atomic mass is 16.7. The van der Waals surface area contributed by atoms with Gasteiger partial charge in [-0.3, -0.25) is 4.90 Å². The molecule has 5 heteroatoms. The largest absolute Gasteiger partial charge is 0.494 e. The van der Waals surface area contributed by atoms with E-state index >= 15 is 0 Å². The first kappa shape index (κ1) is 17.9. The van der Waals surface area contributed by atoms with Gasteiger partial charge in [-0.2, -0.15) is 0 Å². The Morgan fingerprint density at radius 1 is 1.12 bits per heavy atom. The van der Waals surface area contributed by atoms with Crippen LogP contribution in [0.4, 0.5) is 0 Å². The van der Waals surface area contributed by atoms with Crippen molar-refractivity contribution in [2.45, 2.75) is 58.4 Å². The van der Waals surface area contributed by atoms with Gasteiger partial charge in [-0.05, 0) is 52.7 Å². The Morgan fingerprint density at radius 2 is 1.79 bits per heavy atom. The summed E-state index contributed by atoms with van der Waals surface area (Å²) in [5.41, 5.74) is 1.87. The van der Waals surface area contributed by atoms with Crippen LogP contribution in [0.15, 0.2) is 24.3 Å². The first-order chi connectivity index (χ1) is 11.2. The van der Waals surface area contributed by atoms with Gasteiger partial charge in [-0.25, -0.2) is 0 Å². The highest BCUT2D eigenvalue weighted by molar-refractivity contribution is 6.62. The van der Waals surface area contributed by atoms with Crippen molar-refractivity contribution in [1.29, 1.82) is 0 Å². The summed E-state index contributed by atoms with van der Waals surface area (Å²) in [5, 5.41) is 0. The summed E-state index contributed by atoms with van der Waals surface area (Å²) in [6.45, 7) is 15.1. The van der Waals surface area contributed by atoms with E-state index in [0.717, 1.165) is 31.6 Å². The van der Waals surface area contributed by atoms with Crippen LogP contribution < -0.4 is 5.46 Å². The van der Waals surface area contributed by atoms with E-state index in [1.54, 1.807) is 0 Å². The number of hydrogen-bond acceptors (Lipinski definition) is 4. The molecule has 24 heavy (non-hydrogen) atoms. The summed E-state index contributed by atoms with van der Waals surface area (Å²) < 4.78 is 12.4. The maximum Gasteiger partial charge on any atom is 0.494 e. The monoisotopic (exact) mass is 330 g/mol. The molecule has 0 spiro atoms. The Bertz CT molecular complexity index is 574. The number of benzene rings is 1. The lowest BCUT2D eigenvalue weighted by atomic mass is 9.78. The Balaban J connectivity index is 1.69. The molecule has 2 aliphatic heterocycles. The van der Waals surface area contributed by atoms with E-state index in [0.29, 0.717) is 6.04 Å². The molecule has 0 bridgehead atoms. The minimum Gasteiger partial charge on any atom is -0.399 e. The van der Waals surface area contributed by atoms with Gasteiger partial charge in [-0.15, -0.1) is 0 Å². The van der Waals surface area contributed by atoms with E-state index in [9.17, 15) is 0 Å². The van der Waals surface area contributed by atoms with Crippen LogP contribution in [0.5, 0.6) is 0 Å². The third-order valence-corrected chi connectivity index (χ3v) is 5.93. The standard InChI is InChI=1S/C19H31BN2O2/c1-15-13-22(11-10-21(15)6)14-16-8-7-9-17(12-16)20-23-18(2,3)19(4,5)24-20/h7-9,12,15H,10-11,13-14H2,1-6H3. The molecule has 0 aliphatic carbocycles. The lowest BCUT2D eigenvalue weighted by molar-refractivity contribution is 0.00578. The second kappa shape index (κ2) is 6.45. The molecule has 1 atom stereocenters. The van der Waals surface area contributed by atoms with Gasteiger partial charge in [0, 0.05) is 32.2 Å². The molecule has 0 saturated carbocycles. The summed E-state index contributed by atoms with van der Waals surface area (Å²) >= 11 is 0. The summed E-state index contributed by atoms with van der Waals surface area (Å²) in [7, 11) is 1.93. The van der Waals surface area contributed by atoms with Gasteiger partial charge in [0.25, 0.3) is 0 Å².